The molecule has 9 aromatic rings. The first-order valence-corrected chi connectivity index (χ1v) is 14.4. The Morgan fingerprint density at radius 1 is 0.381 bits per heavy atom. The Bertz CT molecular complexity index is 2440. The molecule has 7 aromatic carbocycles. The molecule has 9 rings (SSSR count). The maximum atomic E-state index is 2.41. The lowest BCUT2D eigenvalue weighted by atomic mass is 9.97. The minimum absolute atomic E-state index is 1.16. The van der Waals surface area contributed by atoms with E-state index in [0.29, 0.717) is 0 Å². The van der Waals surface area contributed by atoms with Gasteiger partial charge in [0.05, 0.1) is 16.6 Å². The lowest BCUT2D eigenvalue weighted by Gasteiger charge is -2.11. The van der Waals surface area contributed by atoms with Crippen LogP contribution in [-0.4, -0.2) is 9.13 Å². The molecule has 0 aliphatic rings. The van der Waals surface area contributed by atoms with Crippen molar-refractivity contribution < 1.29 is 0 Å². The van der Waals surface area contributed by atoms with E-state index < -0.39 is 0 Å². The summed E-state index contributed by atoms with van der Waals surface area (Å²) in [5, 5.41) is 8.93. The molecule has 0 spiro atoms. The van der Waals surface area contributed by atoms with Crippen LogP contribution in [0.2, 0.25) is 0 Å². The third-order valence-corrected chi connectivity index (χ3v) is 8.72. The second-order valence-corrected chi connectivity index (χ2v) is 11.0. The van der Waals surface area contributed by atoms with Gasteiger partial charge in [-0.1, -0.05) is 103 Å². The monoisotopic (exact) mass is 534 g/mol. The molecule has 0 unspecified atom stereocenters. The molecule has 0 amide bonds. The molecule has 42 heavy (non-hydrogen) atoms. The van der Waals surface area contributed by atoms with E-state index in [0.717, 1.165) is 5.69 Å². The number of fused-ring (bicyclic) bond motifs is 8. The molecule has 2 nitrogen and oxygen atoms in total. The fourth-order valence-electron chi connectivity index (χ4n) is 6.76. The Balaban J connectivity index is 1.21. The van der Waals surface area contributed by atoms with Gasteiger partial charge in [-0.2, -0.15) is 0 Å². The Morgan fingerprint density at radius 2 is 1.07 bits per heavy atom. The zero-order chi connectivity index (χ0) is 27.6. The number of hydrogen-bond acceptors (Lipinski definition) is 0. The van der Waals surface area contributed by atoms with E-state index in [1.807, 2.05) is 0 Å². The molecule has 2 heterocycles. The average Bonchev–Trinajstić information content (AvgIpc) is 3.64. The Hall–Kier alpha value is -5.60. The predicted molar refractivity (Wildman–Crippen MR) is 178 cm³/mol. The molecule has 0 aliphatic carbocycles. The molecule has 0 aliphatic heterocycles. The molecule has 0 saturated carbocycles. The topological polar surface area (TPSA) is 9.86 Å². The fraction of sp³-hybridized carbons (Fsp3) is 0. The van der Waals surface area contributed by atoms with Crippen LogP contribution in [-0.2, 0) is 0 Å². The van der Waals surface area contributed by atoms with Crippen LogP contribution in [0.5, 0.6) is 0 Å². The van der Waals surface area contributed by atoms with Crippen molar-refractivity contribution in [1.29, 1.82) is 0 Å². The number of rotatable bonds is 3. The maximum absolute atomic E-state index is 2.41. The van der Waals surface area contributed by atoms with Gasteiger partial charge < -0.3 is 9.13 Å². The van der Waals surface area contributed by atoms with Crippen molar-refractivity contribution in [3.05, 3.63) is 158 Å². The fourth-order valence-corrected chi connectivity index (χ4v) is 6.76. The first-order valence-electron chi connectivity index (χ1n) is 14.4. The van der Waals surface area contributed by atoms with Gasteiger partial charge >= 0.3 is 0 Å². The van der Waals surface area contributed by atoms with Crippen LogP contribution in [0.4, 0.5) is 0 Å². The standard InChI is InChI=1S/C40H26N2/c1-2-9-32(10-3-1)41-25-24-29-19-23-38-39(40(29)41)36-12-6-7-13-37(36)42(38)33-20-16-27(17-21-33)30-18-22-35-31(26-30)15-14-28-8-4-5-11-34(28)35/h1-26H. The van der Waals surface area contributed by atoms with E-state index in [1.165, 1.54) is 71.1 Å². The summed E-state index contributed by atoms with van der Waals surface area (Å²) in [4.78, 5) is 0. The lowest BCUT2D eigenvalue weighted by molar-refractivity contribution is 1.13. The molecular weight excluding hydrogens is 508 g/mol. The average molecular weight is 535 g/mol. The molecule has 0 bridgehead atoms. The van der Waals surface area contributed by atoms with Crippen LogP contribution >= 0.6 is 0 Å². The molecule has 0 N–H and O–H groups in total. The van der Waals surface area contributed by atoms with E-state index in [1.54, 1.807) is 0 Å². The molecule has 0 fully saturated rings. The van der Waals surface area contributed by atoms with Gasteiger partial charge in [-0.15, -0.1) is 0 Å². The van der Waals surface area contributed by atoms with Crippen molar-refractivity contribution in [2.24, 2.45) is 0 Å². The molecule has 196 valence electrons. The van der Waals surface area contributed by atoms with Crippen LogP contribution in [0.1, 0.15) is 0 Å². The second-order valence-electron chi connectivity index (χ2n) is 11.0. The highest BCUT2D eigenvalue weighted by atomic mass is 15.0. The number of aromatic nitrogens is 2. The third-order valence-electron chi connectivity index (χ3n) is 8.72. The zero-order valence-electron chi connectivity index (χ0n) is 22.9. The SMILES string of the molecule is c1ccc(-n2ccc3ccc4c(c5ccccc5n4-c4ccc(-c5ccc6c(ccc7ccccc76)c5)cc4)c32)cc1. The zero-order valence-corrected chi connectivity index (χ0v) is 22.9. The molecule has 0 atom stereocenters. The first kappa shape index (κ1) is 23.1. The number of hydrogen-bond donors (Lipinski definition) is 0. The van der Waals surface area contributed by atoms with Gasteiger partial charge in [0.15, 0.2) is 0 Å². The van der Waals surface area contributed by atoms with Crippen LogP contribution in [0.15, 0.2) is 158 Å². The maximum Gasteiger partial charge on any atom is 0.0628 e. The number of para-hydroxylation sites is 2. The Labute approximate surface area is 243 Å². The summed E-state index contributed by atoms with van der Waals surface area (Å²) in [6, 6.07) is 55.0. The van der Waals surface area contributed by atoms with E-state index in [2.05, 4.69) is 167 Å². The Morgan fingerprint density at radius 3 is 1.95 bits per heavy atom. The van der Waals surface area contributed by atoms with Crippen molar-refractivity contribution in [3.63, 3.8) is 0 Å². The number of nitrogens with zero attached hydrogens (tertiary/aromatic N) is 2. The summed E-state index contributed by atoms with van der Waals surface area (Å²) in [6.07, 6.45) is 2.19. The quantitative estimate of drug-likeness (QED) is 0.200. The second kappa shape index (κ2) is 8.95. The lowest BCUT2D eigenvalue weighted by Crippen LogP contribution is -1.94. The minimum Gasteiger partial charge on any atom is -0.316 e. The smallest absolute Gasteiger partial charge is 0.0628 e. The highest BCUT2D eigenvalue weighted by Crippen LogP contribution is 2.38. The summed E-state index contributed by atoms with van der Waals surface area (Å²) in [5.74, 6) is 0. The molecule has 2 aromatic heterocycles. The van der Waals surface area contributed by atoms with Gasteiger partial charge in [-0.25, -0.2) is 0 Å². The first-order chi connectivity index (χ1) is 20.8. The van der Waals surface area contributed by atoms with Gasteiger partial charge in [0.25, 0.3) is 0 Å². The van der Waals surface area contributed by atoms with Crippen molar-refractivity contribution >= 4 is 54.3 Å². The minimum atomic E-state index is 1.16. The highest BCUT2D eigenvalue weighted by Gasteiger charge is 2.17. The van der Waals surface area contributed by atoms with Gasteiger partial charge in [-0.05, 0) is 81.2 Å². The summed E-state index contributed by atoms with van der Waals surface area (Å²) in [6.45, 7) is 0. The van der Waals surface area contributed by atoms with Crippen molar-refractivity contribution in [3.8, 4) is 22.5 Å². The molecular formula is C40H26N2. The van der Waals surface area contributed by atoms with Crippen molar-refractivity contribution in [2.45, 2.75) is 0 Å². The third kappa shape index (κ3) is 3.39. The van der Waals surface area contributed by atoms with Crippen molar-refractivity contribution in [1.82, 2.24) is 9.13 Å². The predicted octanol–water partition coefficient (Wildman–Crippen LogP) is 10.7. The molecule has 2 heteroatoms. The van der Waals surface area contributed by atoms with Crippen LogP contribution < -0.4 is 0 Å². The van der Waals surface area contributed by atoms with E-state index in [4.69, 9.17) is 0 Å². The molecule has 0 radical (unpaired) electrons. The van der Waals surface area contributed by atoms with Gasteiger partial charge in [0.2, 0.25) is 0 Å². The summed E-state index contributed by atoms with van der Waals surface area (Å²) >= 11 is 0. The van der Waals surface area contributed by atoms with E-state index in [9.17, 15) is 0 Å². The van der Waals surface area contributed by atoms with Crippen LogP contribution in [0, 0.1) is 0 Å². The van der Waals surface area contributed by atoms with E-state index in [-0.39, 0.29) is 0 Å². The van der Waals surface area contributed by atoms with Crippen LogP contribution in [0.3, 0.4) is 0 Å². The number of benzene rings is 7. The Kier molecular flexibility index (Phi) is 4.93. The largest absolute Gasteiger partial charge is 0.316 e. The summed E-state index contributed by atoms with van der Waals surface area (Å²) in [5.41, 5.74) is 8.45. The summed E-state index contributed by atoms with van der Waals surface area (Å²) < 4.78 is 4.73. The van der Waals surface area contributed by atoms with E-state index >= 15 is 0 Å². The highest BCUT2D eigenvalue weighted by molar-refractivity contribution is 6.20. The van der Waals surface area contributed by atoms with Gasteiger partial charge in [0.1, 0.15) is 0 Å². The van der Waals surface area contributed by atoms with Crippen molar-refractivity contribution in [2.75, 3.05) is 0 Å². The normalized spacial score (nSPS) is 11.8. The van der Waals surface area contributed by atoms with Gasteiger partial charge in [-0.3, -0.25) is 0 Å². The van der Waals surface area contributed by atoms with Gasteiger partial charge in [0, 0.05) is 33.7 Å². The summed E-state index contributed by atoms with van der Waals surface area (Å²) in [7, 11) is 0. The van der Waals surface area contributed by atoms with Crippen LogP contribution in [0.25, 0.3) is 76.8 Å². The molecule has 0 saturated heterocycles.